The number of benzene rings is 4. The van der Waals surface area contributed by atoms with E-state index >= 15 is 0 Å². The highest BCUT2D eigenvalue weighted by molar-refractivity contribution is 8.23. The van der Waals surface area contributed by atoms with Crippen LogP contribution in [0.1, 0.15) is 0 Å². The lowest BCUT2D eigenvalue weighted by Gasteiger charge is -2.28. The first-order chi connectivity index (χ1) is 26.6. The van der Waals surface area contributed by atoms with E-state index in [0.717, 1.165) is 26.2 Å². The quantitative estimate of drug-likeness (QED) is 0.147. The van der Waals surface area contributed by atoms with E-state index in [2.05, 4.69) is 10.6 Å². The molecule has 2 amide bonds. The molecule has 2 aliphatic heterocycles. The van der Waals surface area contributed by atoms with E-state index in [1.165, 1.54) is 47.8 Å². The summed E-state index contributed by atoms with van der Waals surface area (Å²) >= 11 is 13.5. The third kappa shape index (κ3) is 11.9. The fourth-order valence-corrected chi connectivity index (χ4v) is 8.68. The van der Waals surface area contributed by atoms with E-state index in [9.17, 15) is 18.0 Å². The number of carbonyl (C=O) groups excluding carboxylic acids is 2. The van der Waals surface area contributed by atoms with Gasteiger partial charge in [0.15, 0.2) is 0 Å². The predicted octanol–water partition coefficient (Wildman–Crippen LogP) is 6.68. The molecule has 2 aliphatic rings. The van der Waals surface area contributed by atoms with Gasteiger partial charge in [-0.15, -0.1) is 0 Å². The fourth-order valence-electron chi connectivity index (χ4n) is 5.32. The molecule has 0 aliphatic carbocycles. The van der Waals surface area contributed by atoms with Crippen LogP contribution in [0.4, 0.5) is 11.4 Å². The number of thioether (sulfide) groups is 2. The molecule has 288 valence electrons. The van der Waals surface area contributed by atoms with Crippen molar-refractivity contribution in [3.05, 3.63) is 97.1 Å². The molecule has 17 heteroatoms. The number of hydrogen-bond acceptors (Lipinski definition) is 12. The maximum absolute atomic E-state index is 13.4. The van der Waals surface area contributed by atoms with Crippen molar-refractivity contribution in [2.24, 2.45) is 0 Å². The number of thiocarbonyl (C=S) groups is 2. The molecule has 2 heterocycles. The number of amides is 2. The van der Waals surface area contributed by atoms with Crippen LogP contribution < -0.4 is 20.1 Å². The first-order valence-corrected chi connectivity index (χ1v) is 21.5. The maximum Gasteiger partial charge on any atom is 0.234 e. The monoisotopic (exact) mass is 838 g/mol. The van der Waals surface area contributed by atoms with Gasteiger partial charge in [-0.2, -0.15) is 0 Å². The molecule has 4 aromatic rings. The number of hydrogen-bond donors (Lipinski definition) is 2. The molecular weight excluding hydrogens is 801 g/mol. The molecular formula is C38H38N4O8S5. The number of nitrogens with one attached hydrogen (secondary N) is 2. The molecule has 0 aromatic heterocycles. The summed E-state index contributed by atoms with van der Waals surface area (Å²) in [4.78, 5) is 29.2. The van der Waals surface area contributed by atoms with Gasteiger partial charge in [-0.3, -0.25) is 9.59 Å². The lowest BCUT2D eigenvalue weighted by Crippen LogP contribution is -2.39. The fraction of sp³-hybridized carbons (Fsp3) is 0.263. The van der Waals surface area contributed by atoms with Crippen LogP contribution in [0.5, 0.6) is 23.0 Å². The minimum atomic E-state index is -3.81. The molecule has 2 N–H and O–H groups in total. The molecule has 2 fully saturated rings. The average molecular weight is 839 g/mol. The Morgan fingerprint density at radius 3 is 1.20 bits per heavy atom. The number of nitrogens with zero attached hydrogens (tertiary/aromatic N) is 2. The second-order valence-electron chi connectivity index (χ2n) is 12.1. The first-order valence-electron chi connectivity index (χ1n) is 17.2. The van der Waals surface area contributed by atoms with Crippen LogP contribution in [0, 0.1) is 0 Å². The maximum atomic E-state index is 13.4. The minimum absolute atomic E-state index is 0.108. The van der Waals surface area contributed by atoms with Crippen molar-refractivity contribution >= 4 is 89.6 Å². The van der Waals surface area contributed by atoms with Crippen LogP contribution in [0.3, 0.4) is 0 Å². The Bertz CT molecular complexity index is 1910. The molecule has 0 radical (unpaired) electrons. The van der Waals surface area contributed by atoms with E-state index in [-0.39, 0.29) is 33.1 Å². The van der Waals surface area contributed by atoms with Crippen LogP contribution in [-0.2, 0) is 28.9 Å². The zero-order valence-corrected chi connectivity index (χ0v) is 33.6. The van der Waals surface area contributed by atoms with Gasteiger partial charge in [0.25, 0.3) is 0 Å². The zero-order valence-electron chi connectivity index (χ0n) is 29.5. The van der Waals surface area contributed by atoms with Gasteiger partial charge in [0.05, 0.1) is 47.7 Å². The van der Waals surface area contributed by atoms with Gasteiger partial charge in [0.1, 0.15) is 31.6 Å². The highest BCUT2D eigenvalue weighted by Crippen LogP contribution is 2.29. The SMILES string of the molecule is O=C(CSC(=S)N1CCOCC1)Nc1ccc(Oc2ccc(S(=O)(=O)c3ccc(Oc4ccc(NC(=O)CSC(=S)N5CCOCC5)cc4)cc3)cc2)cc1. The molecule has 0 unspecified atom stereocenters. The van der Waals surface area contributed by atoms with Crippen LogP contribution in [0.15, 0.2) is 107 Å². The standard InChI is InChI=1S/C38H38N4O8S5/c43-35(25-53-37(51)41-17-21-47-22-18-41)39-27-1-5-29(6-2-27)49-31-9-13-33(14-10-31)55(45,46)34-15-11-32(12-16-34)50-30-7-3-28(4-8-30)40-36(44)26-54-38(52)42-19-23-48-24-20-42/h1-16H,17-26H2,(H,39,43)(H,40,44). The first kappa shape index (κ1) is 40.4. The van der Waals surface area contributed by atoms with Gasteiger partial charge >= 0.3 is 0 Å². The third-order valence-electron chi connectivity index (χ3n) is 8.21. The Kier molecular flexibility index (Phi) is 14.4. The van der Waals surface area contributed by atoms with Crippen molar-refractivity contribution in [2.45, 2.75) is 9.79 Å². The summed E-state index contributed by atoms with van der Waals surface area (Å²) < 4.78 is 50.6. The summed E-state index contributed by atoms with van der Waals surface area (Å²) in [7, 11) is -3.81. The van der Waals surface area contributed by atoms with Crippen LogP contribution in [0.2, 0.25) is 0 Å². The number of sulfone groups is 1. The number of rotatable bonds is 12. The van der Waals surface area contributed by atoms with Gasteiger partial charge in [0.2, 0.25) is 21.7 Å². The minimum Gasteiger partial charge on any atom is -0.457 e. The normalized spacial score (nSPS) is 14.5. The Morgan fingerprint density at radius 1 is 0.564 bits per heavy atom. The molecule has 0 saturated carbocycles. The summed E-state index contributed by atoms with van der Waals surface area (Å²) in [6.07, 6.45) is 0. The van der Waals surface area contributed by atoms with Crippen LogP contribution in [0.25, 0.3) is 0 Å². The Labute approximate surface area is 339 Å². The second-order valence-corrected chi connectivity index (χ2v) is 17.3. The van der Waals surface area contributed by atoms with Crippen molar-refractivity contribution in [1.82, 2.24) is 9.80 Å². The number of ether oxygens (including phenoxy) is 4. The summed E-state index contributed by atoms with van der Waals surface area (Å²) in [6, 6.07) is 26.0. The molecule has 55 heavy (non-hydrogen) atoms. The van der Waals surface area contributed by atoms with E-state index < -0.39 is 9.84 Å². The molecule has 12 nitrogen and oxygen atoms in total. The smallest absolute Gasteiger partial charge is 0.234 e. The van der Waals surface area contributed by atoms with Crippen LogP contribution in [-0.4, -0.2) is 103 Å². The molecule has 0 bridgehead atoms. The summed E-state index contributed by atoms with van der Waals surface area (Å²) in [6.45, 7) is 5.45. The Hall–Kier alpha value is -4.23. The van der Waals surface area contributed by atoms with Gasteiger partial charge < -0.3 is 39.4 Å². The van der Waals surface area contributed by atoms with Crippen molar-refractivity contribution in [2.75, 3.05) is 74.7 Å². The van der Waals surface area contributed by atoms with E-state index in [0.29, 0.717) is 69.4 Å². The van der Waals surface area contributed by atoms with Crippen LogP contribution >= 0.6 is 48.0 Å². The van der Waals surface area contributed by atoms with Gasteiger partial charge in [0, 0.05) is 37.6 Å². The largest absolute Gasteiger partial charge is 0.457 e. The summed E-state index contributed by atoms with van der Waals surface area (Å²) in [5.74, 6) is 2.00. The third-order valence-corrected chi connectivity index (χ3v) is 13.0. The highest BCUT2D eigenvalue weighted by atomic mass is 32.2. The molecule has 4 aromatic carbocycles. The number of anilines is 2. The van der Waals surface area contributed by atoms with E-state index in [4.69, 9.17) is 43.4 Å². The van der Waals surface area contributed by atoms with E-state index in [1.54, 1.807) is 72.8 Å². The summed E-state index contributed by atoms with van der Waals surface area (Å²) in [5, 5.41) is 5.71. The Balaban J connectivity index is 0.945. The van der Waals surface area contributed by atoms with Crippen molar-refractivity contribution in [1.29, 1.82) is 0 Å². The van der Waals surface area contributed by atoms with Gasteiger partial charge in [-0.05, 0) is 97.1 Å². The average Bonchev–Trinajstić information content (AvgIpc) is 3.21. The number of carbonyl (C=O) groups is 2. The molecule has 2 saturated heterocycles. The van der Waals surface area contributed by atoms with Gasteiger partial charge in [-0.1, -0.05) is 48.0 Å². The van der Waals surface area contributed by atoms with Crippen molar-refractivity contribution in [3.8, 4) is 23.0 Å². The van der Waals surface area contributed by atoms with Crippen molar-refractivity contribution < 1.29 is 37.0 Å². The number of morpholine rings is 2. The predicted molar refractivity (Wildman–Crippen MR) is 224 cm³/mol. The van der Waals surface area contributed by atoms with Gasteiger partial charge in [-0.25, -0.2) is 8.42 Å². The molecule has 0 atom stereocenters. The van der Waals surface area contributed by atoms with E-state index in [1.807, 2.05) is 9.80 Å². The summed E-state index contributed by atoms with van der Waals surface area (Å²) in [5.41, 5.74) is 1.23. The molecule has 0 spiro atoms. The lowest BCUT2D eigenvalue weighted by molar-refractivity contribution is -0.114. The zero-order chi connectivity index (χ0) is 38.6. The Morgan fingerprint density at radius 2 is 0.873 bits per heavy atom. The highest BCUT2D eigenvalue weighted by Gasteiger charge is 2.19. The molecule has 6 rings (SSSR count). The van der Waals surface area contributed by atoms with Crippen molar-refractivity contribution in [3.63, 3.8) is 0 Å². The second kappa shape index (κ2) is 19.6. The topological polar surface area (TPSA) is 136 Å². The lowest BCUT2D eigenvalue weighted by atomic mass is 10.3.